The number of hydrogen-bond donors (Lipinski definition) is 1. The summed E-state index contributed by atoms with van der Waals surface area (Å²) in [7, 11) is -3.52. The van der Waals surface area contributed by atoms with Crippen LogP contribution in [0.2, 0.25) is 5.02 Å². The Balaban J connectivity index is 1.71. The van der Waals surface area contributed by atoms with Crippen molar-refractivity contribution < 1.29 is 26.3 Å². The van der Waals surface area contributed by atoms with E-state index in [1.807, 2.05) is 0 Å². The SMILES string of the molecule is Cc1nc2c(C(F)(F)F)cccc2nc1-c1cc(Oc2cccc(S(=O)(=O)CCCN)c2)ccc1Cl. The van der Waals surface area contributed by atoms with Crippen molar-refractivity contribution in [3.63, 3.8) is 0 Å². The van der Waals surface area contributed by atoms with Gasteiger partial charge in [-0.15, -0.1) is 0 Å². The third kappa shape index (κ3) is 5.45. The van der Waals surface area contributed by atoms with Crippen molar-refractivity contribution >= 4 is 32.5 Å². The van der Waals surface area contributed by atoms with Crippen molar-refractivity contribution in [3.8, 4) is 22.8 Å². The number of sulfone groups is 1. The lowest BCUT2D eigenvalue weighted by molar-refractivity contribution is -0.136. The zero-order chi connectivity index (χ0) is 26.1. The van der Waals surface area contributed by atoms with Crippen molar-refractivity contribution in [1.82, 2.24) is 9.97 Å². The molecule has 3 aromatic carbocycles. The minimum absolute atomic E-state index is 0.0724. The fraction of sp³-hybridized carbons (Fsp3) is 0.200. The molecule has 0 saturated carbocycles. The van der Waals surface area contributed by atoms with E-state index in [0.29, 0.717) is 28.5 Å². The summed E-state index contributed by atoms with van der Waals surface area (Å²) in [6.07, 6.45) is -4.23. The van der Waals surface area contributed by atoms with E-state index in [1.165, 1.54) is 24.3 Å². The van der Waals surface area contributed by atoms with Gasteiger partial charge in [-0.3, -0.25) is 0 Å². The van der Waals surface area contributed by atoms with Crippen LogP contribution in [0, 0.1) is 6.92 Å². The molecule has 0 aliphatic rings. The quantitative estimate of drug-likeness (QED) is 0.303. The van der Waals surface area contributed by atoms with Gasteiger partial charge in [-0.1, -0.05) is 23.7 Å². The number of alkyl halides is 3. The number of hydrogen-bond acceptors (Lipinski definition) is 6. The van der Waals surface area contributed by atoms with E-state index in [1.54, 1.807) is 37.3 Å². The van der Waals surface area contributed by atoms with Crippen LogP contribution in [0.3, 0.4) is 0 Å². The molecular formula is C25H21ClF3N3O3S. The van der Waals surface area contributed by atoms with E-state index in [0.717, 1.165) is 6.07 Å². The Hall–Kier alpha value is -3.21. The predicted octanol–water partition coefficient (Wildman–Crippen LogP) is 6.19. The first-order valence-corrected chi connectivity index (χ1v) is 12.9. The maximum Gasteiger partial charge on any atom is 0.418 e. The van der Waals surface area contributed by atoms with Crippen LogP contribution >= 0.6 is 11.6 Å². The maximum absolute atomic E-state index is 13.4. The second-order valence-corrected chi connectivity index (χ2v) is 10.5. The highest BCUT2D eigenvalue weighted by atomic mass is 35.5. The van der Waals surface area contributed by atoms with Gasteiger partial charge >= 0.3 is 6.18 Å². The lowest BCUT2D eigenvalue weighted by Crippen LogP contribution is -2.11. The largest absolute Gasteiger partial charge is 0.457 e. The van der Waals surface area contributed by atoms with Gasteiger partial charge in [0.1, 0.15) is 17.0 Å². The highest BCUT2D eigenvalue weighted by Gasteiger charge is 2.33. The molecule has 2 N–H and O–H groups in total. The van der Waals surface area contributed by atoms with Gasteiger partial charge < -0.3 is 10.5 Å². The second-order valence-electron chi connectivity index (χ2n) is 8.01. The molecule has 11 heteroatoms. The summed E-state index contributed by atoms with van der Waals surface area (Å²) < 4.78 is 71.1. The van der Waals surface area contributed by atoms with Gasteiger partial charge in [-0.25, -0.2) is 18.4 Å². The molecule has 36 heavy (non-hydrogen) atoms. The number of para-hydroxylation sites is 1. The zero-order valence-electron chi connectivity index (χ0n) is 19.0. The molecule has 1 aromatic heterocycles. The Morgan fingerprint density at radius 2 is 1.72 bits per heavy atom. The van der Waals surface area contributed by atoms with Crippen molar-refractivity contribution in [2.45, 2.75) is 24.4 Å². The number of nitrogens with zero attached hydrogens (tertiary/aromatic N) is 2. The summed E-state index contributed by atoms with van der Waals surface area (Å²) in [4.78, 5) is 8.70. The Labute approximate surface area is 210 Å². The minimum Gasteiger partial charge on any atom is -0.457 e. The van der Waals surface area contributed by atoms with Gasteiger partial charge in [0, 0.05) is 5.56 Å². The molecule has 0 aliphatic carbocycles. The lowest BCUT2D eigenvalue weighted by atomic mass is 10.1. The molecule has 6 nitrogen and oxygen atoms in total. The highest BCUT2D eigenvalue weighted by molar-refractivity contribution is 7.91. The molecule has 4 aromatic rings. The third-order valence-corrected chi connectivity index (χ3v) is 7.51. The summed E-state index contributed by atoms with van der Waals surface area (Å²) in [6.45, 7) is 1.81. The predicted molar refractivity (Wildman–Crippen MR) is 132 cm³/mol. The first kappa shape index (κ1) is 25.9. The van der Waals surface area contributed by atoms with Gasteiger partial charge in [-0.2, -0.15) is 13.2 Å². The smallest absolute Gasteiger partial charge is 0.418 e. The van der Waals surface area contributed by atoms with Crippen LogP contribution in [-0.2, 0) is 16.0 Å². The van der Waals surface area contributed by atoms with Crippen LogP contribution in [0.4, 0.5) is 13.2 Å². The molecule has 0 atom stereocenters. The summed E-state index contributed by atoms with van der Waals surface area (Å²) in [5.41, 5.74) is 5.35. The average molecular weight is 536 g/mol. The van der Waals surface area contributed by atoms with E-state index >= 15 is 0 Å². The molecule has 0 bridgehead atoms. The first-order chi connectivity index (χ1) is 17.0. The minimum atomic E-state index is -4.57. The van der Waals surface area contributed by atoms with Crippen LogP contribution < -0.4 is 10.5 Å². The fourth-order valence-corrected chi connectivity index (χ4v) is 5.22. The summed E-state index contributed by atoms with van der Waals surface area (Å²) >= 11 is 6.40. The molecule has 0 aliphatic heterocycles. The number of aryl methyl sites for hydroxylation is 1. The second kappa shape index (κ2) is 10.0. The van der Waals surface area contributed by atoms with Crippen molar-refractivity contribution in [3.05, 3.63) is 76.9 Å². The number of halogens is 4. The van der Waals surface area contributed by atoms with E-state index in [-0.39, 0.29) is 39.7 Å². The van der Waals surface area contributed by atoms with Gasteiger partial charge in [-0.05, 0) is 68.4 Å². The van der Waals surface area contributed by atoms with Crippen molar-refractivity contribution in [2.75, 3.05) is 12.3 Å². The Morgan fingerprint density at radius 1 is 1.00 bits per heavy atom. The fourth-order valence-electron chi connectivity index (χ4n) is 3.65. The number of benzene rings is 3. The van der Waals surface area contributed by atoms with Gasteiger partial charge in [0.2, 0.25) is 0 Å². The van der Waals surface area contributed by atoms with Gasteiger partial charge in [0.25, 0.3) is 0 Å². The Kier molecular flexibility index (Phi) is 7.21. The highest BCUT2D eigenvalue weighted by Crippen LogP contribution is 2.37. The van der Waals surface area contributed by atoms with Crippen molar-refractivity contribution in [2.24, 2.45) is 5.73 Å². The van der Waals surface area contributed by atoms with Crippen LogP contribution in [0.25, 0.3) is 22.3 Å². The van der Waals surface area contributed by atoms with Crippen LogP contribution in [0.1, 0.15) is 17.7 Å². The molecule has 0 amide bonds. The molecule has 0 radical (unpaired) electrons. The first-order valence-electron chi connectivity index (χ1n) is 10.8. The normalized spacial score (nSPS) is 12.2. The van der Waals surface area contributed by atoms with Gasteiger partial charge in [0.15, 0.2) is 9.84 Å². The number of aromatic nitrogens is 2. The topological polar surface area (TPSA) is 95.2 Å². The van der Waals surface area contributed by atoms with Crippen LogP contribution in [-0.4, -0.2) is 30.7 Å². The molecular weight excluding hydrogens is 515 g/mol. The Morgan fingerprint density at radius 3 is 2.44 bits per heavy atom. The molecule has 4 rings (SSSR count). The van der Waals surface area contributed by atoms with Crippen molar-refractivity contribution in [1.29, 1.82) is 0 Å². The molecule has 0 fully saturated rings. The summed E-state index contributed by atoms with van der Waals surface area (Å²) in [5, 5.41) is 0.296. The molecule has 1 heterocycles. The Bertz CT molecular complexity index is 1540. The number of fused-ring (bicyclic) bond motifs is 1. The van der Waals surface area contributed by atoms with E-state index in [2.05, 4.69) is 9.97 Å². The lowest BCUT2D eigenvalue weighted by Gasteiger charge is -2.14. The molecule has 0 unspecified atom stereocenters. The van der Waals surface area contributed by atoms with E-state index < -0.39 is 21.6 Å². The van der Waals surface area contributed by atoms with Crippen LogP contribution in [0.15, 0.2) is 65.6 Å². The summed E-state index contributed by atoms with van der Waals surface area (Å²) in [5.74, 6) is 0.540. The van der Waals surface area contributed by atoms with Crippen LogP contribution in [0.5, 0.6) is 11.5 Å². The van der Waals surface area contributed by atoms with Gasteiger partial charge in [0.05, 0.1) is 38.1 Å². The number of nitrogens with two attached hydrogens (primary N) is 1. The standard InChI is InChI=1S/C25H21ClF3N3O3S/c1-15-23(32-22-8-3-7-20(24(22)31-15)25(27,28)29)19-14-17(9-10-21(19)26)35-16-5-2-6-18(13-16)36(33,34)12-4-11-30/h2-3,5-10,13-14H,4,11-12,30H2,1H3. The molecule has 188 valence electrons. The van der Waals surface area contributed by atoms with E-state index in [9.17, 15) is 21.6 Å². The number of rotatable bonds is 7. The summed E-state index contributed by atoms with van der Waals surface area (Å²) in [6, 6.07) is 14.5. The maximum atomic E-state index is 13.4. The van der Waals surface area contributed by atoms with E-state index in [4.69, 9.17) is 22.1 Å². The monoisotopic (exact) mass is 535 g/mol. The third-order valence-electron chi connectivity index (χ3n) is 5.39. The zero-order valence-corrected chi connectivity index (χ0v) is 20.6. The average Bonchev–Trinajstić information content (AvgIpc) is 2.83. The molecule has 0 spiro atoms. The number of ether oxygens (including phenoxy) is 1. The molecule has 0 saturated heterocycles.